The fraction of sp³-hybridized carbons (Fsp3) is 0.263. The summed E-state index contributed by atoms with van der Waals surface area (Å²) in [5, 5.41) is 3.02. The van der Waals surface area contributed by atoms with Crippen LogP contribution in [0.25, 0.3) is 10.6 Å². The molecule has 3 aromatic rings. The second kappa shape index (κ2) is 7.80. The molecule has 0 fully saturated rings. The molecule has 4 nitrogen and oxygen atoms in total. The number of amides is 1. The van der Waals surface area contributed by atoms with E-state index in [1.807, 2.05) is 55.7 Å². The number of nitrogens with zero attached hydrogens (tertiary/aromatic N) is 2. The van der Waals surface area contributed by atoms with Crippen LogP contribution in [0, 0.1) is 6.92 Å². The number of benzene rings is 1. The molecule has 1 aromatic carbocycles. The van der Waals surface area contributed by atoms with Crippen LogP contribution in [0.2, 0.25) is 0 Å². The molecule has 0 aliphatic rings. The molecule has 1 amide bonds. The summed E-state index contributed by atoms with van der Waals surface area (Å²) in [6.45, 7) is 2.54. The Morgan fingerprint density at radius 3 is 2.84 bits per heavy atom. The van der Waals surface area contributed by atoms with Crippen molar-refractivity contribution in [3.05, 3.63) is 57.2 Å². The van der Waals surface area contributed by atoms with E-state index in [1.165, 1.54) is 0 Å². The SMILES string of the molecule is COc1cccc(CN(C)C(=O)Cc2sc(C)nc2-c2cccs2)c1. The Balaban J connectivity index is 1.72. The molecule has 0 aliphatic carbocycles. The van der Waals surface area contributed by atoms with Crippen LogP contribution in [-0.2, 0) is 17.8 Å². The van der Waals surface area contributed by atoms with Gasteiger partial charge in [0.15, 0.2) is 0 Å². The molecule has 0 unspecified atom stereocenters. The second-order valence-electron chi connectivity index (χ2n) is 5.76. The predicted molar refractivity (Wildman–Crippen MR) is 103 cm³/mol. The van der Waals surface area contributed by atoms with E-state index in [1.54, 1.807) is 34.7 Å². The minimum atomic E-state index is 0.0873. The number of methoxy groups -OCH3 is 1. The van der Waals surface area contributed by atoms with Crippen LogP contribution >= 0.6 is 22.7 Å². The largest absolute Gasteiger partial charge is 0.497 e. The van der Waals surface area contributed by atoms with E-state index >= 15 is 0 Å². The first kappa shape index (κ1) is 17.6. The number of hydrogen-bond donors (Lipinski definition) is 0. The molecule has 0 saturated heterocycles. The zero-order chi connectivity index (χ0) is 17.8. The fourth-order valence-corrected chi connectivity index (χ4v) is 4.35. The molecule has 130 valence electrons. The van der Waals surface area contributed by atoms with Crippen LogP contribution in [-0.4, -0.2) is 29.9 Å². The van der Waals surface area contributed by atoms with E-state index in [2.05, 4.69) is 4.98 Å². The lowest BCUT2D eigenvalue weighted by Gasteiger charge is -2.17. The Labute approximate surface area is 155 Å². The van der Waals surface area contributed by atoms with Gasteiger partial charge in [-0.3, -0.25) is 4.79 Å². The summed E-state index contributed by atoms with van der Waals surface area (Å²) in [5.41, 5.74) is 2.00. The molecule has 3 rings (SSSR count). The maximum absolute atomic E-state index is 12.7. The van der Waals surface area contributed by atoms with Crippen molar-refractivity contribution in [3.8, 4) is 16.3 Å². The van der Waals surface area contributed by atoms with Gasteiger partial charge in [-0.05, 0) is 36.1 Å². The highest BCUT2D eigenvalue weighted by Crippen LogP contribution is 2.31. The molecule has 0 bridgehead atoms. The third kappa shape index (κ3) is 4.27. The molecule has 2 heterocycles. The highest BCUT2D eigenvalue weighted by atomic mass is 32.1. The first-order valence-electron chi connectivity index (χ1n) is 7.94. The van der Waals surface area contributed by atoms with E-state index in [0.29, 0.717) is 13.0 Å². The third-order valence-electron chi connectivity index (χ3n) is 3.85. The average molecular weight is 373 g/mol. The van der Waals surface area contributed by atoms with Gasteiger partial charge in [0.2, 0.25) is 5.91 Å². The Bertz CT molecular complexity index is 856. The lowest BCUT2D eigenvalue weighted by atomic mass is 10.2. The van der Waals surface area contributed by atoms with Gasteiger partial charge in [0.1, 0.15) is 5.75 Å². The third-order valence-corrected chi connectivity index (χ3v) is 5.70. The van der Waals surface area contributed by atoms with Gasteiger partial charge in [-0.15, -0.1) is 22.7 Å². The van der Waals surface area contributed by atoms with Crippen molar-refractivity contribution in [2.24, 2.45) is 0 Å². The van der Waals surface area contributed by atoms with E-state index < -0.39 is 0 Å². The predicted octanol–water partition coefficient (Wildman–Crippen LogP) is 4.39. The zero-order valence-electron chi connectivity index (χ0n) is 14.5. The number of likely N-dealkylation sites (N-methyl/N-ethyl adjacent to an activating group) is 1. The van der Waals surface area contributed by atoms with Gasteiger partial charge in [0, 0.05) is 18.5 Å². The molecule has 2 aromatic heterocycles. The van der Waals surface area contributed by atoms with Crippen molar-refractivity contribution in [2.45, 2.75) is 19.9 Å². The lowest BCUT2D eigenvalue weighted by Crippen LogP contribution is -2.27. The van der Waals surface area contributed by atoms with Crippen LogP contribution in [0.1, 0.15) is 15.4 Å². The fourth-order valence-electron chi connectivity index (χ4n) is 2.60. The quantitative estimate of drug-likeness (QED) is 0.644. The number of thiazole rings is 1. The van der Waals surface area contributed by atoms with Crippen LogP contribution < -0.4 is 4.74 Å². The highest BCUT2D eigenvalue weighted by molar-refractivity contribution is 7.15. The highest BCUT2D eigenvalue weighted by Gasteiger charge is 2.18. The Kier molecular flexibility index (Phi) is 5.50. The lowest BCUT2D eigenvalue weighted by molar-refractivity contribution is -0.129. The summed E-state index contributed by atoms with van der Waals surface area (Å²) in [4.78, 5) is 21.2. The maximum atomic E-state index is 12.7. The summed E-state index contributed by atoms with van der Waals surface area (Å²) in [7, 11) is 3.48. The van der Waals surface area contributed by atoms with Crippen molar-refractivity contribution >= 4 is 28.6 Å². The van der Waals surface area contributed by atoms with Crippen molar-refractivity contribution in [1.29, 1.82) is 0 Å². The molecule has 0 spiro atoms. The minimum absolute atomic E-state index is 0.0873. The molecule has 0 N–H and O–H groups in total. The summed E-state index contributed by atoms with van der Waals surface area (Å²) in [6.07, 6.45) is 0.374. The standard InChI is InChI=1S/C19H20N2O2S2/c1-13-20-19(16-8-5-9-24-16)17(25-13)11-18(22)21(2)12-14-6-4-7-15(10-14)23-3/h4-10H,11-12H2,1-3H3. The van der Waals surface area contributed by atoms with E-state index in [4.69, 9.17) is 4.74 Å². The second-order valence-corrected chi connectivity index (χ2v) is 8.00. The number of ether oxygens (including phenoxy) is 1. The molecular formula is C19H20N2O2S2. The van der Waals surface area contributed by atoms with Gasteiger partial charge < -0.3 is 9.64 Å². The van der Waals surface area contributed by atoms with Crippen LogP contribution in [0.15, 0.2) is 41.8 Å². The molecule has 0 atom stereocenters. The van der Waals surface area contributed by atoms with Crippen LogP contribution in [0.4, 0.5) is 0 Å². The number of hydrogen-bond acceptors (Lipinski definition) is 5. The molecular weight excluding hydrogens is 352 g/mol. The molecule has 25 heavy (non-hydrogen) atoms. The van der Waals surface area contributed by atoms with Crippen LogP contribution in [0.5, 0.6) is 5.75 Å². The maximum Gasteiger partial charge on any atom is 0.227 e. The summed E-state index contributed by atoms with van der Waals surface area (Å²) >= 11 is 3.25. The van der Waals surface area contributed by atoms with Crippen molar-refractivity contribution in [1.82, 2.24) is 9.88 Å². The zero-order valence-corrected chi connectivity index (χ0v) is 16.1. The van der Waals surface area contributed by atoms with E-state index in [0.717, 1.165) is 31.8 Å². The number of thiophene rings is 1. The number of aryl methyl sites for hydroxylation is 1. The average Bonchev–Trinajstić information content (AvgIpc) is 3.24. The van der Waals surface area contributed by atoms with Gasteiger partial charge in [-0.2, -0.15) is 0 Å². The Morgan fingerprint density at radius 1 is 1.28 bits per heavy atom. The first-order chi connectivity index (χ1) is 12.1. The van der Waals surface area contributed by atoms with Gasteiger partial charge in [0.25, 0.3) is 0 Å². The van der Waals surface area contributed by atoms with Crippen molar-refractivity contribution in [2.75, 3.05) is 14.2 Å². The summed E-state index contributed by atoms with van der Waals surface area (Å²) < 4.78 is 5.24. The summed E-state index contributed by atoms with van der Waals surface area (Å²) in [5.74, 6) is 0.890. The Morgan fingerprint density at radius 2 is 2.12 bits per heavy atom. The number of carbonyl (C=O) groups is 1. The molecule has 0 saturated carbocycles. The summed E-state index contributed by atoms with van der Waals surface area (Å²) in [6, 6.07) is 11.9. The number of carbonyl (C=O) groups excluding carboxylic acids is 1. The number of aromatic nitrogens is 1. The van der Waals surface area contributed by atoms with Crippen molar-refractivity contribution in [3.63, 3.8) is 0 Å². The van der Waals surface area contributed by atoms with Gasteiger partial charge in [-0.1, -0.05) is 18.2 Å². The monoisotopic (exact) mass is 372 g/mol. The van der Waals surface area contributed by atoms with E-state index in [-0.39, 0.29) is 5.91 Å². The Hall–Kier alpha value is -2.18. The minimum Gasteiger partial charge on any atom is -0.497 e. The molecule has 0 radical (unpaired) electrons. The van der Waals surface area contributed by atoms with Crippen LogP contribution in [0.3, 0.4) is 0 Å². The molecule has 6 heteroatoms. The van der Waals surface area contributed by atoms with E-state index in [9.17, 15) is 4.79 Å². The smallest absolute Gasteiger partial charge is 0.227 e. The topological polar surface area (TPSA) is 42.4 Å². The normalized spacial score (nSPS) is 10.7. The first-order valence-corrected chi connectivity index (χ1v) is 9.63. The van der Waals surface area contributed by atoms with Gasteiger partial charge in [0.05, 0.1) is 29.1 Å². The van der Waals surface area contributed by atoms with Crippen molar-refractivity contribution < 1.29 is 9.53 Å². The van der Waals surface area contributed by atoms with Gasteiger partial charge >= 0.3 is 0 Å². The molecule has 0 aliphatic heterocycles. The number of rotatable bonds is 6. The van der Waals surface area contributed by atoms with Gasteiger partial charge in [-0.25, -0.2) is 4.98 Å².